The minimum absolute atomic E-state index is 0.272. The molecule has 1 aliphatic rings. The van der Waals surface area contributed by atoms with E-state index in [4.69, 9.17) is 4.42 Å². The van der Waals surface area contributed by atoms with Crippen molar-refractivity contribution in [3.05, 3.63) is 54.0 Å². The highest BCUT2D eigenvalue weighted by molar-refractivity contribution is 5.31. The van der Waals surface area contributed by atoms with Crippen LogP contribution in [0, 0.1) is 0 Å². The van der Waals surface area contributed by atoms with Crippen molar-refractivity contribution < 1.29 is 9.52 Å². The molecule has 1 aromatic heterocycles. The van der Waals surface area contributed by atoms with Crippen molar-refractivity contribution in [3.63, 3.8) is 0 Å². The van der Waals surface area contributed by atoms with E-state index in [1.807, 2.05) is 30.3 Å². The molecule has 2 N–H and O–H groups in total. The molecule has 21 heavy (non-hydrogen) atoms. The Balaban J connectivity index is 1.61. The maximum atomic E-state index is 9.80. The molecule has 0 aliphatic carbocycles. The van der Waals surface area contributed by atoms with Crippen LogP contribution in [0.4, 0.5) is 0 Å². The molecule has 1 aromatic carbocycles. The molecule has 0 bridgehead atoms. The molecule has 2 aromatic rings. The SMILES string of the molecule is Oc1ccccc1CNCC(c1ccco1)N1CCCC1. The van der Waals surface area contributed by atoms with E-state index in [0.717, 1.165) is 31.0 Å². The quantitative estimate of drug-likeness (QED) is 0.857. The molecular formula is C17H22N2O2. The first kappa shape index (κ1) is 14.2. The Hall–Kier alpha value is -1.78. The molecule has 4 heteroatoms. The highest BCUT2D eigenvalue weighted by Gasteiger charge is 2.25. The van der Waals surface area contributed by atoms with Gasteiger partial charge in [0, 0.05) is 18.7 Å². The summed E-state index contributed by atoms with van der Waals surface area (Å²) in [5.41, 5.74) is 0.928. The lowest BCUT2D eigenvalue weighted by atomic mass is 10.1. The zero-order valence-electron chi connectivity index (χ0n) is 12.2. The second-order valence-electron chi connectivity index (χ2n) is 5.53. The van der Waals surface area contributed by atoms with Gasteiger partial charge in [-0.05, 0) is 44.1 Å². The second kappa shape index (κ2) is 6.78. The summed E-state index contributed by atoms with van der Waals surface area (Å²) in [4.78, 5) is 2.47. The Morgan fingerprint density at radius 1 is 1.14 bits per heavy atom. The van der Waals surface area contributed by atoms with E-state index in [1.54, 1.807) is 12.3 Å². The number of nitrogens with zero attached hydrogens (tertiary/aromatic N) is 1. The number of hydrogen-bond acceptors (Lipinski definition) is 4. The third kappa shape index (κ3) is 3.46. The lowest BCUT2D eigenvalue weighted by molar-refractivity contribution is 0.209. The highest BCUT2D eigenvalue weighted by atomic mass is 16.3. The van der Waals surface area contributed by atoms with Crippen molar-refractivity contribution in [2.75, 3.05) is 19.6 Å². The zero-order valence-corrected chi connectivity index (χ0v) is 12.2. The van der Waals surface area contributed by atoms with Gasteiger partial charge in [-0.15, -0.1) is 0 Å². The maximum absolute atomic E-state index is 9.80. The molecule has 1 aliphatic heterocycles. The van der Waals surface area contributed by atoms with Gasteiger partial charge in [0.2, 0.25) is 0 Å². The fourth-order valence-electron chi connectivity index (χ4n) is 2.95. The van der Waals surface area contributed by atoms with E-state index in [1.165, 1.54) is 12.8 Å². The normalized spacial score (nSPS) is 17.1. The average molecular weight is 286 g/mol. The Kier molecular flexibility index (Phi) is 4.58. The van der Waals surface area contributed by atoms with E-state index in [0.29, 0.717) is 12.3 Å². The molecule has 4 nitrogen and oxygen atoms in total. The van der Waals surface area contributed by atoms with Crippen LogP contribution in [0.3, 0.4) is 0 Å². The van der Waals surface area contributed by atoms with Crippen molar-refractivity contribution >= 4 is 0 Å². The number of para-hydroxylation sites is 1. The van der Waals surface area contributed by atoms with Crippen LogP contribution < -0.4 is 5.32 Å². The molecule has 0 amide bonds. The Bertz CT molecular complexity index is 548. The fraction of sp³-hybridized carbons (Fsp3) is 0.412. The van der Waals surface area contributed by atoms with Gasteiger partial charge in [-0.1, -0.05) is 18.2 Å². The number of aromatic hydroxyl groups is 1. The third-order valence-electron chi connectivity index (χ3n) is 4.10. The fourth-order valence-corrected chi connectivity index (χ4v) is 2.95. The predicted octanol–water partition coefficient (Wildman–Crippen LogP) is 2.91. The summed E-state index contributed by atoms with van der Waals surface area (Å²) in [5.74, 6) is 1.36. The van der Waals surface area contributed by atoms with Crippen LogP contribution in [0.2, 0.25) is 0 Å². The van der Waals surface area contributed by atoms with E-state index < -0.39 is 0 Å². The van der Waals surface area contributed by atoms with Gasteiger partial charge in [-0.2, -0.15) is 0 Å². The van der Waals surface area contributed by atoms with Crippen molar-refractivity contribution in [1.82, 2.24) is 10.2 Å². The van der Waals surface area contributed by atoms with E-state index in [2.05, 4.69) is 10.2 Å². The van der Waals surface area contributed by atoms with Gasteiger partial charge < -0.3 is 14.8 Å². The van der Waals surface area contributed by atoms with Gasteiger partial charge in [-0.3, -0.25) is 4.90 Å². The van der Waals surface area contributed by atoms with Gasteiger partial charge >= 0.3 is 0 Å². The number of phenols is 1. The summed E-state index contributed by atoms with van der Waals surface area (Å²) in [6, 6.07) is 11.7. The third-order valence-corrected chi connectivity index (χ3v) is 4.10. The Morgan fingerprint density at radius 2 is 1.95 bits per heavy atom. The van der Waals surface area contributed by atoms with E-state index in [9.17, 15) is 5.11 Å². The lowest BCUT2D eigenvalue weighted by Gasteiger charge is -2.26. The molecule has 3 rings (SSSR count). The molecule has 0 spiro atoms. The summed E-state index contributed by atoms with van der Waals surface area (Å²) in [5, 5.41) is 13.2. The molecule has 0 saturated carbocycles. The first-order valence-corrected chi connectivity index (χ1v) is 7.59. The molecule has 2 heterocycles. The largest absolute Gasteiger partial charge is 0.508 e. The topological polar surface area (TPSA) is 48.6 Å². The number of likely N-dealkylation sites (tertiary alicyclic amines) is 1. The minimum Gasteiger partial charge on any atom is -0.508 e. The number of hydrogen-bond donors (Lipinski definition) is 2. The van der Waals surface area contributed by atoms with Crippen molar-refractivity contribution in [2.24, 2.45) is 0 Å². The summed E-state index contributed by atoms with van der Waals surface area (Å²) < 4.78 is 5.60. The molecule has 1 fully saturated rings. The van der Waals surface area contributed by atoms with Gasteiger partial charge in [-0.25, -0.2) is 0 Å². The standard InChI is InChI=1S/C17H22N2O2/c20-16-7-2-1-6-14(16)12-18-13-15(17-8-5-11-21-17)19-9-3-4-10-19/h1-2,5-8,11,15,18,20H,3-4,9-10,12-13H2. The molecule has 112 valence electrons. The number of rotatable bonds is 6. The van der Waals surface area contributed by atoms with Crippen LogP contribution in [0.15, 0.2) is 47.1 Å². The average Bonchev–Trinajstić information content (AvgIpc) is 3.19. The smallest absolute Gasteiger partial charge is 0.122 e. The van der Waals surface area contributed by atoms with Crippen LogP contribution in [0.5, 0.6) is 5.75 Å². The summed E-state index contributed by atoms with van der Waals surface area (Å²) >= 11 is 0. The predicted molar refractivity (Wildman–Crippen MR) is 82.1 cm³/mol. The lowest BCUT2D eigenvalue weighted by Crippen LogP contribution is -2.33. The zero-order chi connectivity index (χ0) is 14.5. The first-order valence-electron chi connectivity index (χ1n) is 7.59. The van der Waals surface area contributed by atoms with Gasteiger partial charge in [0.05, 0.1) is 12.3 Å². The highest BCUT2D eigenvalue weighted by Crippen LogP contribution is 2.25. The van der Waals surface area contributed by atoms with Crippen molar-refractivity contribution in [3.8, 4) is 5.75 Å². The van der Waals surface area contributed by atoms with Crippen molar-refractivity contribution in [1.29, 1.82) is 0 Å². The Labute approximate surface area is 125 Å². The summed E-state index contributed by atoms with van der Waals surface area (Å²) in [6.45, 7) is 3.74. The molecule has 1 unspecified atom stereocenters. The monoisotopic (exact) mass is 286 g/mol. The summed E-state index contributed by atoms with van der Waals surface area (Å²) in [6.07, 6.45) is 4.26. The Morgan fingerprint density at radius 3 is 2.67 bits per heavy atom. The number of benzene rings is 1. The molecule has 0 radical (unpaired) electrons. The molecular weight excluding hydrogens is 264 g/mol. The summed E-state index contributed by atoms with van der Waals surface area (Å²) in [7, 11) is 0. The second-order valence-corrected chi connectivity index (χ2v) is 5.53. The number of phenolic OH excluding ortho intramolecular Hbond substituents is 1. The number of furan rings is 1. The van der Waals surface area contributed by atoms with Gasteiger partial charge in [0.25, 0.3) is 0 Å². The van der Waals surface area contributed by atoms with E-state index >= 15 is 0 Å². The number of nitrogens with one attached hydrogen (secondary N) is 1. The van der Waals surface area contributed by atoms with Crippen LogP contribution in [0.1, 0.15) is 30.2 Å². The molecule has 1 atom stereocenters. The van der Waals surface area contributed by atoms with Crippen LogP contribution in [-0.2, 0) is 6.54 Å². The first-order chi connectivity index (χ1) is 10.3. The minimum atomic E-state index is 0.272. The van der Waals surface area contributed by atoms with Crippen molar-refractivity contribution in [2.45, 2.75) is 25.4 Å². The van der Waals surface area contributed by atoms with Crippen LogP contribution in [-0.4, -0.2) is 29.6 Å². The van der Waals surface area contributed by atoms with Gasteiger partial charge in [0.1, 0.15) is 11.5 Å². The van der Waals surface area contributed by atoms with E-state index in [-0.39, 0.29) is 6.04 Å². The van der Waals surface area contributed by atoms with Crippen LogP contribution in [0.25, 0.3) is 0 Å². The molecule has 1 saturated heterocycles. The maximum Gasteiger partial charge on any atom is 0.122 e. The van der Waals surface area contributed by atoms with Gasteiger partial charge in [0.15, 0.2) is 0 Å². The van der Waals surface area contributed by atoms with Crippen LogP contribution >= 0.6 is 0 Å².